The maximum Gasteiger partial charge on any atom is 0.227 e. The van der Waals surface area contributed by atoms with Crippen LogP contribution in [0.15, 0.2) is 114 Å². The fourth-order valence-corrected chi connectivity index (χ4v) is 9.02. The summed E-state index contributed by atoms with van der Waals surface area (Å²) < 4.78 is 8.84. The first kappa shape index (κ1) is 27.6. The van der Waals surface area contributed by atoms with Gasteiger partial charge in [0.05, 0.1) is 5.56 Å². The Labute approximate surface area is 280 Å². The third kappa shape index (κ3) is 3.70. The molecule has 2 atom stereocenters. The monoisotopic (exact) mass is 619 g/mol. The maximum absolute atomic E-state index is 6.59. The number of nitrogens with zero attached hydrogens (tertiary/aromatic N) is 2. The van der Waals surface area contributed by atoms with Gasteiger partial charge in [0.1, 0.15) is 7.05 Å². The van der Waals surface area contributed by atoms with E-state index in [1.54, 1.807) is 0 Å². The van der Waals surface area contributed by atoms with Crippen LogP contribution in [0.1, 0.15) is 67.6 Å². The molecular formula is C45H35N2O+. The molecule has 0 spiro atoms. The number of benzene rings is 5. The average Bonchev–Trinajstić information content (AvgIpc) is 3.46. The summed E-state index contributed by atoms with van der Waals surface area (Å²) >= 11 is 0. The van der Waals surface area contributed by atoms with E-state index in [4.69, 9.17) is 9.40 Å². The van der Waals surface area contributed by atoms with Gasteiger partial charge in [-0.05, 0) is 124 Å². The second-order valence-corrected chi connectivity index (χ2v) is 14.0. The molecule has 230 valence electrons. The molecule has 3 heterocycles. The lowest BCUT2D eigenvalue weighted by atomic mass is 9.60. The van der Waals surface area contributed by atoms with E-state index in [-0.39, 0.29) is 11.8 Å². The average molecular weight is 620 g/mol. The molecular weight excluding hydrogens is 585 g/mol. The summed E-state index contributed by atoms with van der Waals surface area (Å²) in [4.78, 5) is 4.76. The van der Waals surface area contributed by atoms with E-state index in [1.807, 2.05) is 6.92 Å². The molecule has 5 aromatic carbocycles. The van der Waals surface area contributed by atoms with Crippen molar-refractivity contribution < 1.29 is 8.98 Å². The Morgan fingerprint density at radius 2 is 1.25 bits per heavy atom. The van der Waals surface area contributed by atoms with Gasteiger partial charge in [0.25, 0.3) is 0 Å². The first-order valence-corrected chi connectivity index (χ1v) is 16.9. The zero-order chi connectivity index (χ0) is 32.4. The van der Waals surface area contributed by atoms with Crippen molar-refractivity contribution in [2.75, 3.05) is 0 Å². The summed E-state index contributed by atoms with van der Waals surface area (Å²) in [5.74, 6) is 0.458. The minimum Gasteiger partial charge on any atom is -0.437 e. The van der Waals surface area contributed by atoms with Crippen molar-refractivity contribution in [1.82, 2.24) is 4.98 Å². The summed E-state index contributed by atoms with van der Waals surface area (Å²) in [6, 6.07) is 38.9. The van der Waals surface area contributed by atoms with E-state index in [9.17, 15) is 0 Å². The quantitative estimate of drug-likeness (QED) is 0.180. The van der Waals surface area contributed by atoms with Crippen LogP contribution < -0.4 is 4.57 Å². The van der Waals surface area contributed by atoms with Gasteiger partial charge < -0.3 is 4.42 Å². The summed E-state index contributed by atoms with van der Waals surface area (Å²) in [5, 5.41) is 4.85. The van der Waals surface area contributed by atoms with Gasteiger partial charge in [0.2, 0.25) is 11.4 Å². The molecule has 2 unspecified atom stereocenters. The molecule has 0 fully saturated rings. The molecule has 3 heteroatoms. The van der Waals surface area contributed by atoms with Gasteiger partial charge >= 0.3 is 0 Å². The summed E-state index contributed by atoms with van der Waals surface area (Å²) in [6.45, 7) is 8.62. The molecule has 0 aliphatic heterocycles. The van der Waals surface area contributed by atoms with Crippen molar-refractivity contribution in [2.24, 2.45) is 7.05 Å². The molecule has 0 N–H and O–H groups in total. The number of furan rings is 1. The van der Waals surface area contributed by atoms with Gasteiger partial charge in [-0.1, -0.05) is 66.7 Å². The molecule has 2 bridgehead atoms. The summed E-state index contributed by atoms with van der Waals surface area (Å²) in [7, 11) is 2.15. The van der Waals surface area contributed by atoms with Crippen LogP contribution in [0, 0.1) is 27.7 Å². The molecule has 0 amide bonds. The van der Waals surface area contributed by atoms with Crippen LogP contribution in [0.25, 0.3) is 55.2 Å². The lowest BCUT2D eigenvalue weighted by Gasteiger charge is -2.42. The molecule has 48 heavy (non-hydrogen) atoms. The van der Waals surface area contributed by atoms with Gasteiger partial charge in [0.15, 0.2) is 11.8 Å². The van der Waals surface area contributed by atoms with Crippen LogP contribution >= 0.6 is 0 Å². The van der Waals surface area contributed by atoms with Crippen LogP contribution in [-0.4, -0.2) is 4.98 Å². The highest BCUT2D eigenvalue weighted by atomic mass is 16.3. The van der Waals surface area contributed by atoms with Crippen molar-refractivity contribution in [2.45, 2.75) is 39.5 Å². The van der Waals surface area contributed by atoms with Crippen molar-refractivity contribution in [3.05, 3.63) is 165 Å². The number of hydrogen-bond donors (Lipinski definition) is 0. The van der Waals surface area contributed by atoms with E-state index in [1.165, 1.54) is 72.0 Å². The van der Waals surface area contributed by atoms with Crippen LogP contribution in [0.3, 0.4) is 0 Å². The standard InChI is InChI=1S/C45H35N2O/c1-24-18-25(2)41(44-40(24)34-16-14-27(4)46-45(34)48-44)39-22-35(26(3)23-47(39)5)30-15-17-33-36(21-30)43-32-13-9-8-12-31(32)42(33)37-19-28-10-6-7-11-29(28)20-38(37)43/h6-23,42-43H,1-5H3/q+1. The summed E-state index contributed by atoms with van der Waals surface area (Å²) in [6.07, 6.45) is 2.27. The molecule has 8 aromatic rings. The zero-order valence-electron chi connectivity index (χ0n) is 27.8. The number of aromatic nitrogens is 2. The van der Waals surface area contributed by atoms with Crippen molar-refractivity contribution in [3.8, 4) is 22.4 Å². The van der Waals surface area contributed by atoms with Crippen molar-refractivity contribution in [3.63, 3.8) is 0 Å². The Hall–Kier alpha value is -5.54. The van der Waals surface area contributed by atoms with Gasteiger partial charge in [-0.3, -0.25) is 0 Å². The third-order valence-corrected chi connectivity index (χ3v) is 11.1. The normalized spacial score (nSPS) is 16.0. The second kappa shape index (κ2) is 9.74. The summed E-state index contributed by atoms with van der Waals surface area (Å²) in [5.41, 5.74) is 19.7. The Morgan fingerprint density at radius 1 is 0.604 bits per heavy atom. The molecule has 3 aliphatic rings. The minimum absolute atomic E-state index is 0.214. The lowest BCUT2D eigenvalue weighted by molar-refractivity contribution is -0.660. The lowest BCUT2D eigenvalue weighted by Crippen LogP contribution is -2.31. The van der Waals surface area contributed by atoms with Gasteiger partial charge in [-0.2, -0.15) is 0 Å². The van der Waals surface area contributed by atoms with Crippen molar-refractivity contribution >= 4 is 32.8 Å². The SMILES string of the molecule is Cc1ccc2c(n1)oc1c(-c3cc(-c4ccc5c(c4)C4c6ccccc6C5c5cc6ccccc6cc54)c(C)c[n+]3C)c(C)cc(C)c12. The van der Waals surface area contributed by atoms with Crippen molar-refractivity contribution in [1.29, 1.82) is 0 Å². The Kier molecular flexibility index (Phi) is 5.59. The highest BCUT2D eigenvalue weighted by molar-refractivity contribution is 6.10. The van der Waals surface area contributed by atoms with Gasteiger partial charge in [-0.15, -0.1) is 0 Å². The van der Waals surface area contributed by atoms with E-state index < -0.39 is 0 Å². The largest absolute Gasteiger partial charge is 0.437 e. The predicted octanol–water partition coefficient (Wildman–Crippen LogP) is 10.5. The second-order valence-electron chi connectivity index (χ2n) is 14.0. The van der Waals surface area contributed by atoms with Crippen LogP contribution in [0.2, 0.25) is 0 Å². The maximum atomic E-state index is 6.59. The molecule has 3 nitrogen and oxygen atoms in total. The Morgan fingerprint density at radius 3 is 1.98 bits per heavy atom. The molecule has 11 rings (SSSR count). The first-order valence-electron chi connectivity index (χ1n) is 16.9. The highest BCUT2D eigenvalue weighted by Crippen LogP contribution is 2.57. The first-order chi connectivity index (χ1) is 23.4. The van der Waals surface area contributed by atoms with E-state index in [0.29, 0.717) is 5.71 Å². The fourth-order valence-electron chi connectivity index (χ4n) is 9.02. The molecule has 3 aromatic heterocycles. The zero-order valence-corrected chi connectivity index (χ0v) is 27.8. The number of fused-ring (bicyclic) bond motifs is 4. The van der Waals surface area contributed by atoms with Gasteiger partial charge in [-0.25, -0.2) is 9.55 Å². The topological polar surface area (TPSA) is 29.9 Å². The van der Waals surface area contributed by atoms with E-state index in [0.717, 1.165) is 33.3 Å². The third-order valence-electron chi connectivity index (χ3n) is 11.1. The van der Waals surface area contributed by atoms with E-state index in [2.05, 4.69) is 142 Å². The van der Waals surface area contributed by atoms with Gasteiger partial charge in [0, 0.05) is 39.9 Å². The minimum atomic E-state index is 0.214. The van der Waals surface area contributed by atoms with Crippen LogP contribution in [-0.2, 0) is 7.05 Å². The molecule has 0 saturated carbocycles. The van der Waals surface area contributed by atoms with Crippen LogP contribution in [0.4, 0.5) is 0 Å². The number of pyridine rings is 2. The highest BCUT2D eigenvalue weighted by Gasteiger charge is 2.41. The molecule has 0 radical (unpaired) electrons. The smallest absolute Gasteiger partial charge is 0.227 e. The fraction of sp³-hybridized carbons (Fsp3) is 0.156. The van der Waals surface area contributed by atoms with Crippen LogP contribution in [0.5, 0.6) is 0 Å². The van der Waals surface area contributed by atoms with E-state index >= 15 is 0 Å². The predicted molar refractivity (Wildman–Crippen MR) is 195 cm³/mol. The molecule has 3 aliphatic carbocycles. The Bertz CT molecular complexity index is 2690. The molecule has 0 saturated heterocycles. The number of rotatable bonds is 2. The number of aryl methyl sites for hydroxylation is 5. The Balaban J connectivity index is 1.18. The number of hydrogen-bond acceptors (Lipinski definition) is 2.